The van der Waals surface area contributed by atoms with Crippen molar-refractivity contribution in [2.45, 2.75) is 19.8 Å². The Hall–Kier alpha value is -2.37. The van der Waals surface area contributed by atoms with Crippen LogP contribution in [0.25, 0.3) is 0 Å². The standard InChI is InChI=1S/C14H17NO5/c1-10(16)6-7-14(18)20-9-13(17)15-11-4-3-5-12(8-11)19-2/h3-5,8H,6-7,9H2,1-2H3,(H,15,17). The van der Waals surface area contributed by atoms with Crippen LogP contribution in [0.5, 0.6) is 5.75 Å². The predicted molar refractivity (Wildman–Crippen MR) is 72.5 cm³/mol. The van der Waals surface area contributed by atoms with Crippen LogP contribution in [0.3, 0.4) is 0 Å². The van der Waals surface area contributed by atoms with Gasteiger partial charge in [0, 0.05) is 18.2 Å². The number of hydrogen-bond acceptors (Lipinski definition) is 5. The third-order valence-corrected chi connectivity index (χ3v) is 2.40. The molecular weight excluding hydrogens is 262 g/mol. The van der Waals surface area contributed by atoms with Gasteiger partial charge < -0.3 is 19.6 Å². The second-order valence-corrected chi connectivity index (χ2v) is 4.14. The van der Waals surface area contributed by atoms with Crippen LogP contribution in [-0.4, -0.2) is 31.4 Å². The molecule has 0 saturated heterocycles. The Morgan fingerprint density at radius 1 is 1.20 bits per heavy atom. The molecule has 1 N–H and O–H groups in total. The molecule has 108 valence electrons. The van der Waals surface area contributed by atoms with Crippen molar-refractivity contribution in [1.29, 1.82) is 0 Å². The van der Waals surface area contributed by atoms with Crippen LogP contribution in [-0.2, 0) is 19.1 Å². The first-order valence-corrected chi connectivity index (χ1v) is 6.10. The second kappa shape index (κ2) is 7.93. The number of benzene rings is 1. The largest absolute Gasteiger partial charge is 0.497 e. The topological polar surface area (TPSA) is 81.7 Å². The van der Waals surface area contributed by atoms with Crippen molar-refractivity contribution in [2.75, 3.05) is 19.0 Å². The lowest BCUT2D eigenvalue weighted by Crippen LogP contribution is -2.21. The van der Waals surface area contributed by atoms with Gasteiger partial charge in [0.2, 0.25) is 0 Å². The van der Waals surface area contributed by atoms with E-state index in [1.165, 1.54) is 14.0 Å². The summed E-state index contributed by atoms with van der Waals surface area (Å²) >= 11 is 0. The third-order valence-electron chi connectivity index (χ3n) is 2.40. The number of rotatable bonds is 7. The summed E-state index contributed by atoms with van der Waals surface area (Å²) < 4.78 is 9.77. The van der Waals surface area contributed by atoms with E-state index in [9.17, 15) is 14.4 Å². The number of ketones is 1. The van der Waals surface area contributed by atoms with Crippen LogP contribution in [0.2, 0.25) is 0 Å². The lowest BCUT2D eigenvalue weighted by Gasteiger charge is -2.07. The van der Waals surface area contributed by atoms with Gasteiger partial charge in [0.15, 0.2) is 6.61 Å². The van der Waals surface area contributed by atoms with Crippen molar-refractivity contribution in [3.63, 3.8) is 0 Å². The molecule has 6 heteroatoms. The molecule has 0 bridgehead atoms. The van der Waals surface area contributed by atoms with E-state index in [1.807, 2.05) is 0 Å². The molecule has 6 nitrogen and oxygen atoms in total. The van der Waals surface area contributed by atoms with E-state index < -0.39 is 11.9 Å². The average molecular weight is 279 g/mol. The smallest absolute Gasteiger partial charge is 0.306 e. The molecule has 0 aliphatic rings. The molecule has 20 heavy (non-hydrogen) atoms. The first-order valence-electron chi connectivity index (χ1n) is 6.10. The van der Waals surface area contributed by atoms with Gasteiger partial charge in [-0.2, -0.15) is 0 Å². The highest BCUT2D eigenvalue weighted by Gasteiger charge is 2.09. The van der Waals surface area contributed by atoms with Gasteiger partial charge >= 0.3 is 5.97 Å². The van der Waals surface area contributed by atoms with Crippen molar-refractivity contribution in [3.8, 4) is 5.75 Å². The minimum absolute atomic E-state index is 0.0121. The van der Waals surface area contributed by atoms with E-state index in [-0.39, 0.29) is 25.2 Å². The number of esters is 1. The number of methoxy groups -OCH3 is 1. The molecule has 0 spiro atoms. The normalized spacial score (nSPS) is 9.70. The van der Waals surface area contributed by atoms with Crippen LogP contribution in [0.1, 0.15) is 19.8 Å². The summed E-state index contributed by atoms with van der Waals surface area (Å²) in [5, 5.41) is 2.57. The van der Waals surface area contributed by atoms with E-state index in [2.05, 4.69) is 5.32 Å². The zero-order chi connectivity index (χ0) is 15.0. The van der Waals surface area contributed by atoms with E-state index in [0.29, 0.717) is 11.4 Å². The van der Waals surface area contributed by atoms with Gasteiger partial charge in [-0.3, -0.25) is 9.59 Å². The van der Waals surface area contributed by atoms with Crippen molar-refractivity contribution in [2.24, 2.45) is 0 Å². The molecule has 0 unspecified atom stereocenters. The highest BCUT2D eigenvalue weighted by atomic mass is 16.5. The second-order valence-electron chi connectivity index (χ2n) is 4.14. The minimum Gasteiger partial charge on any atom is -0.497 e. The number of amides is 1. The Morgan fingerprint density at radius 2 is 1.95 bits per heavy atom. The van der Waals surface area contributed by atoms with Gasteiger partial charge in [-0.25, -0.2) is 0 Å². The molecular formula is C14H17NO5. The van der Waals surface area contributed by atoms with E-state index in [1.54, 1.807) is 24.3 Å². The van der Waals surface area contributed by atoms with Gasteiger partial charge in [-0.1, -0.05) is 6.07 Å². The lowest BCUT2D eigenvalue weighted by atomic mass is 10.2. The highest BCUT2D eigenvalue weighted by Crippen LogP contribution is 2.16. The summed E-state index contributed by atoms with van der Waals surface area (Å²) in [7, 11) is 1.53. The van der Waals surface area contributed by atoms with Crippen molar-refractivity contribution >= 4 is 23.3 Å². The summed E-state index contributed by atoms with van der Waals surface area (Å²) in [5.74, 6) is -0.501. The Labute approximate surface area is 117 Å². The molecule has 0 aromatic heterocycles. The number of nitrogens with one attached hydrogen (secondary N) is 1. The van der Waals surface area contributed by atoms with Gasteiger partial charge in [0.1, 0.15) is 11.5 Å². The summed E-state index contributed by atoms with van der Waals surface area (Å²) in [6, 6.07) is 6.82. The Kier molecular flexibility index (Phi) is 6.22. The summed E-state index contributed by atoms with van der Waals surface area (Å²) in [4.78, 5) is 33.5. The Morgan fingerprint density at radius 3 is 2.60 bits per heavy atom. The van der Waals surface area contributed by atoms with Gasteiger partial charge in [-0.05, 0) is 19.1 Å². The number of carbonyl (C=O) groups excluding carboxylic acids is 3. The van der Waals surface area contributed by atoms with Crippen LogP contribution >= 0.6 is 0 Å². The van der Waals surface area contributed by atoms with Crippen LogP contribution in [0.4, 0.5) is 5.69 Å². The van der Waals surface area contributed by atoms with Gasteiger partial charge in [-0.15, -0.1) is 0 Å². The van der Waals surface area contributed by atoms with E-state index >= 15 is 0 Å². The first kappa shape index (κ1) is 15.7. The zero-order valence-electron chi connectivity index (χ0n) is 11.5. The summed E-state index contributed by atoms with van der Waals surface area (Å²) in [6.45, 7) is 1.01. The maximum Gasteiger partial charge on any atom is 0.306 e. The number of carbonyl (C=O) groups is 3. The maximum atomic E-state index is 11.6. The van der Waals surface area contributed by atoms with E-state index in [0.717, 1.165) is 0 Å². The number of ether oxygens (including phenoxy) is 2. The number of hydrogen-bond donors (Lipinski definition) is 1. The molecule has 0 fully saturated rings. The number of Topliss-reactive ketones (excluding diaryl/α,β-unsaturated/α-hetero) is 1. The third kappa shape index (κ3) is 5.99. The molecule has 1 amide bonds. The molecule has 0 saturated carbocycles. The SMILES string of the molecule is COc1cccc(NC(=O)COC(=O)CCC(C)=O)c1. The Bertz CT molecular complexity index is 498. The molecule has 1 aromatic carbocycles. The van der Waals surface area contributed by atoms with Crippen LogP contribution in [0.15, 0.2) is 24.3 Å². The quantitative estimate of drug-likeness (QED) is 0.766. The molecule has 1 aromatic rings. The fraction of sp³-hybridized carbons (Fsp3) is 0.357. The first-order chi connectivity index (χ1) is 9.51. The van der Waals surface area contributed by atoms with Crippen molar-refractivity contribution in [1.82, 2.24) is 0 Å². The van der Waals surface area contributed by atoms with Crippen LogP contribution < -0.4 is 10.1 Å². The molecule has 0 atom stereocenters. The van der Waals surface area contributed by atoms with Gasteiger partial charge in [0.05, 0.1) is 13.5 Å². The number of anilines is 1. The van der Waals surface area contributed by atoms with Crippen LogP contribution in [0, 0.1) is 0 Å². The maximum absolute atomic E-state index is 11.6. The molecule has 1 rings (SSSR count). The average Bonchev–Trinajstić information content (AvgIpc) is 2.43. The molecule has 0 heterocycles. The molecule has 0 radical (unpaired) electrons. The van der Waals surface area contributed by atoms with E-state index in [4.69, 9.17) is 9.47 Å². The monoisotopic (exact) mass is 279 g/mol. The lowest BCUT2D eigenvalue weighted by molar-refractivity contribution is -0.148. The van der Waals surface area contributed by atoms with Gasteiger partial charge in [0.25, 0.3) is 5.91 Å². The van der Waals surface area contributed by atoms with Crippen molar-refractivity contribution < 1.29 is 23.9 Å². The fourth-order valence-corrected chi connectivity index (χ4v) is 1.39. The van der Waals surface area contributed by atoms with Crippen molar-refractivity contribution in [3.05, 3.63) is 24.3 Å². The minimum atomic E-state index is -0.569. The zero-order valence-corrected chi connectivity index (χ0v) is 11.5. The molecule has 0 aliphatic heterocycles. The molecule has 0 aliphatic carbocycles. The fourth-order valence-electron chi connectivity index (χ4n) is 1.39. The summed E-state index contributed by atoms with van der Waals surface area (Å²) in [6.07, 6.45) is 0.109. The summed E-state index contributed by atoms with van der Waals surface area (Å²) in [5.41, 5.74) is 0.550. The predicted octanol–water partition coefficient (Wildman–Crippen LogP) is 1.55. The Balaban J connectivity index is 2.36. The highest BCUT2D eigenvalue weighted by molar-refractivity contribution is 5.93.